The third-order valence-corrected chi connectivity index (χ3v) is 9.20. The third-order valence-electron chi connectivity index (χ3n) is 9.20. The lowest BCUT2D eigenvalue weighted by molar-refractivity contribution is -0.185. The van der Waals surface area contributed by atoms with Crippen molar-refractivity contribution in [3.8, 4) is 0 Å². The summed E-state index contributed by atoms with van der Waals surface area (Å²) in [6, 6.07) is 10.5. The molecule has 0 heterocycles. The summed E-state index contributed by atoms with van der Waals surface area (Å²) in [4.78, 5) is 39.5. The van der Waals surface area contributed by atoms with E-state index in [2.05, 4.69) is 45.0 Å². The van der Waals surface area contributed by atoms with E-state index in [1.165, 1.54) is 5.56 Å². The Balaban J connectivity index is 1.59. The van der Waals surface area contributed by atoms with Gasteiger partial charge in [0.1, 0.15) is 17.7 Å². The van der Waals surface area contributed by atoms with E-state index >= 15 is 0 Å². The maximum Gasteiger partial charge on any atom is 0.310 e. The summed E-state index contributed by atoms with van der Waals surface area (Å²) in [5.41, 5.74) is -0.517. The van der Waals surface area contributed by atoms with Crippen molar-refractivity contribution in [3.05, 3.63) is 35.9 Å². The maximum absolute atomic E-state index is 13.6. The smallest absolute Gasteiger partial charge is 0.310 e. The third kappa shape index (κ3) is 3.54. The summed E-state index contributed by atoms with van der Waals surface area (Å²) >= 11 is 0. The fraction of sp³-hybridized carbons (Fsp3) is 0.679. The molecule has 4 fully saturated rings. The first-order valence-electron chi connectivity index (χ1n) is 12.2. The molecular formula is C28H38O4. The number of fused-ring (bicyclic) bond motifs is 3. The van der Waals surface area contributed by atoms with Gasteiger partial charge in [-0.25, -0.2) is 0 Å². The number of ether oxygens (including phenoxy) is 1. The number of Topliss-reactive ketones (excluding diaryl/α,β-unsaturated/α-hetero) is 2. The molecule has 4 aliphatic carbocycles. The Hall–Kier alpha value is -1.97. The van der Waals surface area contributed by atoms with E-state index in [1.807, 2.05) is 26.8 Å². The number of esters is 1. The molecule has 0 aromatic heterocycles. The van der Waals surface area contributed by atoms with Crippen molar-refractivity contribution >= 4 is 17.5 Å². The fourth-order valence-electron chi connectivity index (χ4n) is 7.02. The quantitative estimate of drug-likeness (QED) is 0.581. The van der Waals surface area contributed by atoms with Gasteiger partial charge in [-0.3, -0.25) is 14.4 Å². The van der Waals surface area contributed by atoms with Crippen LogP contribution in [0.15, 0.2) is 30.3 Å². The molecule has 5 rings (SSSR count). The standard InChI is InChI=1S/C28H38O4/c1-17-12-13-19(26(2,3)18-10-8-7-9-11-18)23(14-17)32-24(30)21-15-20-22(29)16-28(21,6)25(31)27(20,4)5/h7-11,17,19-21,23H,12-16H2,1-6H3/t17-,19-,20+,21-,23-,28+/m1/s1. The minimum atomic E-state index is -0.947. The maximum atomic E-state index is 13.6. The molecule has 1 aromatic rings. The van der Waals surface area contributed by atoms with E-state index < -0.39 is 16.7 Å². The van der Waals surface area contributed by atoms with Gasteiger partial charge in [0.05, 0.1) is 5.92 Å². The predicted molar refractivity (Wildman–Crippen MR) is 124 cm³/mol. The lowest BCUT2D eigenvalue weighted by Gasteiger charge is -2.54. The highest BCUT2D eigenvalue weighted by atomic mass is 16.5. The van der Waals surface area contributed by atoms with Gasteiger partial charge in [-0.1, -0.05) is 78.3 Å². The van der Waals surface area contributed by atoms with Crippen LogP contribution in [0, 0.1) is 34.5 Å². The van der Waals surface area contributed by atoms with E-state index in [0.29, 0.717) is 12.3 Å². The van der Waals surface area contributed by atoms with E-state index in [1.54, 1.807) is 0 Å². The Morgan fingerprint density at radius 3 is 2.34 bits per heavy atom. The van der Waals surface area contributed by atoms with Crippen molar-refractivity contribution in [2.45, 2.75) is 85.2 Å². The van der Waals surface area contributed by atoms with Gasteiger partial charge < -0.3 is 4.74 Å². The molecule has 4 aliphatic rings. The van der Waals surface area contributed by atoms with E-state index in [4.69, 9.17) is 4.74 Å². The highest BCUT2D eigenvalue weighted by Gasteiger charge is 2.65. The second-order valence-corrected chi connectivity index (χ2v) is 12.0. The lowest BCUT2D eigenvalue weighted by Crippen LogP contribution is -2.62. The molecule has 6 atom stereocenters. The monoisotopic (exact) mass is 438 g/mol. The molecular weight excluding hydrogens is 400 g/mol. The summed E-state index contributed by atoms with van der Waals surface area (Å²) in [7, 11) is 0. The first-order chi connectivity index (χ1) is 14.9. The molecule has 4 nitrogen and oxygen atoms in total. The molecule has 0 amide bonds. The van der Waals surface area contributed by atoms with Gasteiger partial charge in [0.2, 0.25) is 0 Å². The normalized spacial score (nSPS) is 36.8. The highest BCUT2D eigenvalue weighted by molar-refractivity contribution is 6.06. The van der Waals surface area contributed by atoms with Crippen LogP contribution in [0.4, 0.5) is 0 Å². The Morgan fingerprint density at radius 1 is 1.03 bits per heavy atom. The molecule has 32 heavy (non-hydrogen) atoms. The summed E-state index contributed by atoms with van der Waals surface area (Å²) in [6.07, 6.45) is 3.40. The van der Waals surface area contributed by atoms with Crippen molar-refractivity contribution in [1.29, 1.82) is 0 Å². The van der Waals surface area contributed by atoms with Crippen LogP contribution in [0.3, 0.4) is 0 Å². The second-order valence-electron chi connectivity index (χ2n) is 12.0. The summed E-state index contributed by atoms with van der Waals surface area (Å²) in [6.45, 7) is 12.2. The van der Waals surface area contributed by atoms with Crippen LogP contribution in [0.5, 0.6) is 0 Å². The van der Waals surface area contributed by atoms with Gasteiger partial charge in [0.15, 0.2) is 0 Å². The minimum Gasteiger partial charge on any atom is -0.462 e. The van der Waals surface area contributed by atoms with Crippen molar-refractivity contribution in [3.63, 3.8) is 0 Å². The van der Waals surface area contributed by atoms with Crippen LogP contribution in [-0.2, 0) is 24.5 Å². The van der Waals surface area contributed by atoms with E-state index in [-0.39, 0.29) is 47.3 Å². The Morgan fingerprint density at radius 2 is 1.69 bits per heavy atom. The van der Waals surface area contributed by atoms with E-state index in [9.17, 15) is 14.4 Å². The van der Waals surface area contributed by atoms with Crippen molar-refractivity contribution in [1.82, 2.24) is 0 Å². The molecule has 4 saturated carbocycles. The van der Waals surface area contributed by atoms with Crippen molar-refractivity contribution in [2.24, 2.45) is 34.5 Å². The number of carbonyl (C=O) groups excluding carboxylic acids is 3. The molecule has 174 valence electrons. The number of carbonyl (C=O) groups is 3. The molecule has 1 aromatic carbocycles. The second kappa shape index (κ2) is 7.81. The number of rotatable bonds is 4. The zero-order chi connectivity index (χ0) is 23.5. The molecule has 0 saturated heterocycles. The number of hydrogen-bond donors (Lipinski definition) is 0. The lowest BCUT2D eigenvalue weighted by atomic mass is 9.46. The molecule has 0 unspecified atom stereocenters. The van der Waals surface area contributed by atoms with Crippen LogP contribution in [0.1, 0.15) is 79.2 Å². The number of ketones is 2. The van der Waals surface area contributed by atoms with Gasteiger partial charge in [-0.05, 0) is 36.2 Å². The number of benzene rings is 1. The van der Waals surface area contributed by atoms with E-state index in [0.717, 1.165) is 19.3 Å². The summed E-state index contributed by atoms with van der Waals surface area (Å²) < 4.78 is 6.29. The molecule has 0 aliphatic heterocycles. The topological polar surface area (TPSA) is 60.4 Å². The van der Waals surface area contributed by atoms with Gasteiger partial charge in [-0.2, -0.15) is 0 Å². The average molecular weight is 439 g/mol. The van der Waals surface area contributed by atoms with Gasteiger partial charge in [-0.15, -0.1) is 0 Å². The van der Waals surface area contributed by atoms with Crippen LogP contribution in [0.2, 0.25) is 0 Å². The molecule has 0 N–H and O–H groups in total. The summed E-state index contributed by atoms with van der Waals surface area (Å²) in [5.74, 6) is -0.304. The molecule has 2 bridgehead atoms. The largest absolute Gasteiger partial charge is 0.462 e. The van der Waals surface area contributed by atoms with Crippen molar-refractivity contribution in [2.75, 3.05) is 0 Å². The van der Waals surface area contributed by atoms with Gasteiger partial charge in [0.25, 0.3) is 0 Å². The Bertz CT molecular complexity index is 915. The highest BCUT2D eigenvalue weighted by Crippen LogP contribution is 2.57. The first kappa shape index (κ1) is 23.2. The molecule has 0 radical (unpaired) electrons. The fourth-order valence-corrected chi connectivity index (χ4v) is 7.02. The predicted octanol–water partition coefficient (Wildman–Crippen LogP) is 5.52. The molecule has 4 heteroatoms. The zero-order valence-electron chi connectivity index (χ0n) is 20.4. The molecule has 0 spiro atoms. The Kier molecular flexibility index (Phi) is 5.66. The van der Waals surface area contributed by atoms with Crippen LogP contribution >= 0.6 is 0 Å². The SMILES string of the molecule is C[C@@H]1CC[C@@H](C(C)(C)c2ccccc2)[C@H](OC(=O)[C@H]2C[C@H]3C(=O)C[C@]2(C)C(=O)C3(C)C)C1. The first-order valence-corrected chi connectivity index (χ1v) is 12.2. The Labute approximate surface area is 192 Å². The van der Waals surface area contributed by atoms with Crippen molar-refractivity contribution < 1.29 is 19.1 Å². The average Bonchev–Trinajstić information content (AvgIpc) is 2.72. The van der Waals surface area contributed by atoms with Gasteiger partial charge in [0, 0.05) is 29.1 Å². The number of hydrogen-bond acceptors (Lipinski definition) is 4. The van der Waals surface area contributed by atoms with Crippen LogP contribution in [-0.4, -0.2) is 23.6 Å². The minimum absolute atomic E-state index is 0.0426. The van der Waals surface area contributed by atoms with Crippen LogP contribution in [0.25, 0.3) is 0 Å². The zero-order valence-corrected chi connectivity index (χ0v) is 20.4. The van der Waals surface area contributed by atoms with Gasteiger partial charge >= 0.3 is 5.97 Å². The van der Waals surface area contributed by atoms with Crippen LogP contribution < -0.4 is 0 Å². The summed E-state index contributed by atoms with van der Waals surface area (Å²) in [5, 5.41) is 0.